The molecule has 0 unspecified atom stereocenters. The van der Waals surface area contributed by atoms with E-state index in [1.807, 2.05) is 11.6 Å². The Balaban J connectivity index is 1.76. The maximum atomic E-state index is 5.48. The van der Waals surface area contributed by atoms with E-state index in [9.17, 15) is 0 Å². The number of rotatable bonds is 8. The van der Waals surface area contributed by atoms with Crippen molar-refractivity contribution in [1.29, 1.82) is 0 Å². The summed E-state index contributed by atoms with van der Waals surface area (Å²) in [7, 11) is 0. The lowest BCUT2D eigenvalue weighted by molar-refractivity contribution is 0.305. The highest BCUT2D eigenvalue weighted by Gasteiger charge is 2.02. The van der Waals surface area contributed by atoms with E-state index in [4.69, 9.17) is 4.74 Å². The molecular formula is C15H23N5O. The van der Waals surface area contributed by atoms with Crippen LogP contribution in [-0.2, 0) is 6.54 Å². The summed E-state index contributed by atoms with van der Waals surface area (Å²) in [6.07, 6.45) is 3.64. The molecule has 0 saturated heterocycles. The normalized spacial score (nSPS) is 10.6. The van der Waals surface area contributed by atoms with Crippen LogP contribution >= 0.6 is 0 Å². The molecule has 2 heterocycles. The molecule has 0 aliphatic rings. The Kier molecular flexibility index (Phi) is 5.54. The van der Waals surface area contributed by atoms with Crippen molar-refractivity contribution in [1.82, 2.24) is 19.7 Å². The molecule has 0 amide bonds. The smallest absolute Gasteiger partial charge is 0.225 e. The lowest BCUT2D eigenvalue weighted by Crippen LogP contribution is -2.11. The van der Waals surface area contributed by atoms with Gasteiger partial charge in [-0.15, -0.1) is 0 Å². The van der Waals surface area contributed by atoms with Gasteiger partial charge in [-0.05, 0) is 32.8 Å². The molecule has 1 N–H and O–H groups in total. The second-order valence-corrected chi connectivity index (χ2v) is 5.00. The van der Waals surface area contributed by atoms with Crippen molar-refractivity contribution in [3.63, 3.8) is 0 Å². The lowest BCUT2D eigenvalue weighted by Gasteiger charge is -2.08. The highest BCUT2D eigenvalue weighted by atomic mass is 16.5. The zero-order valence-electron chi connectivity index (χ0n) is 13.0. The summed E-state index contributed by atoms with van der Waals surface area (Å²) in [5, 5.41) is 7.65. The van der Waals surface area contributed by atoms with Crippen molar-refractivity contribution in [3.8, 4) is 5.88 Å². The first-order valence-corrected chi connectivity index (χ1v) is 7.40. The molecule has 0 aromatic carbocycles. The van der Waals surface area contributed by atoms with Crippen molar-refractivity contribution in [2.24, 2.45) is 0 Å². The van der Waals surface area contributed by atoms with Gasteiger partial charge in [0.25, 0.3) is 0 Å². The molecule has 2 aromatic rings. The summed E-state index contributed by atoms with van der Waals surface area (Å²) in [5.74, 6) is 1.23. The zero-order valence-corrected chi connectivity index (χ0v) is 13.0. The molecule has 0 radical (unpaired) electrons. The summed E-state index contributed by atoms with van der Waals surface area (Å²) in [5.41, 5.74) is 2.25. The minimum Gasteiger partial charge on any atom is -0.478 e. The number of anilines is 1. The summed E-state index contributed by atoms with van der Waals surface area (Å²) >= 11 is 0. The molecule has 6 nitrogen and oxygen atoms in total. The Morgan fingerprint density at radius 3 is 2.90 bits per heavy atom. The van der Waals surface area contributed by atoms with E-state index in [1.165, 1.54) is 5.69 Å². The van der Waals surface area contributed by atoms with Gasteiger partial charge in [-0.3, -0.25) is 4.68 Å². The molecule has 114 valence electrons. The number of nitrogens with one attached hydrogen (secondary N) is 1. The lowest BCUT2D eigenvalue weighted by atomic mass is 10.4. The number of hydrogen-bond donors (Lipinski definition) is 1. The molecule has 21 heavy (non-hydrogen) atoms. The van der Waals surface area contributed by atoms with Crippen LogP contribution in [0.3, 0.4) is 0 Å². The first-order chi connectivity index (χ1) is 10.2. The van der Waals surface area contributed by atoms with E-state index in [1.54, 1.807) is 12.3 Å². The van der Waals surface area contributed by atoms with E-state index in [0.29, 0.717) is 18.4 Å². The van der Waals surface area contributed by atoms with Crippen LogP contribution in [0.25, 0.3) is 0 Å². The summed E-state index contributed by atoms with van der Waals surface area (Å²) in [6, 6.07) is 3.86. The van der Waals surface area contributed by atoms with Crippen LogP contribution in [-0.4, -0.2) is 32.9 Å². The Morgan fingerprint density at radius 2 is 2.19 bits per heavy atom. The standard InChI is InChI=1S/C15H23N5O/c1-4-10-21-14-6-8-17-15(18-14)16-7-5-9-20-13(3)11-12(2)19-20/h6,8,11H,4-5,7,9-10H2,1-3H3,(H,16,17,18). The number of hydrogen-bond acceptors (Lipinski definition) is 5. The average Bonchev–Trinajstić information content (AvgIpc) is 2.80. The number of aryl methyl sites for hydroxylation is 3. The molecule has 0 atom stereocenters. The molecule has 6 heteroatoms. The number of nitrogens with zero attached hydrogens (tertiary/aromatic N) is 4. The fraction of sp³-hybridized carbons (Fsp3) is 0.533. The van der Waals surface area contributed by atoms with E-state index in [0.717, 1.165) is 31.6 Å². The second-order valence-electron chi connectivity index (χ2n) is 5.00. The predicted molar refractivity (Wildman–Crippen MR) is 82.6 cm³/mol. The van der Waals surface area contributed by atoms with Gasteiger partial charge in [-0.25, -0.2) is 4.98 Å². The van der Waals surface area contributed by atoms with Crippen LogP contribution in [0.2, 0.25) is 0 Å². The number of ether oxygens (including phenoxy) is 1. The van der Waals surface area contributed by atoms with Gasteiger partial charge in [0, 0.05) is 31.0 Å². The van der Waals surface area contributed by atoms with E-state index >= 15 is 0 Å². The largest absolute Gasteiger partial charge is 0.478 e. The van der Waals surface area contributed by atoms with Crippen LogP contribution in [0.1, 0.15) is 31.2 Å². The second kappa shape index (κ2) is 7.61. The van der Waals surface area contributed by atoms with Crippen molar-refractivity contribution >= 4 is 5.95 Å². The molecule has 0 aliphatic heterocycles. The van der Waals surface area contributed by atoms with Gasteiger partial charge in [0.15, 0.2) is 0 Å². The Bertz CT molecular complexity index is 567. The van der Waals surface area contributed by atoms with E-state index in [2.05, 4.69) is 40.3 Å². The quantitative estimate of drug-likeness (QED) is 0.757. The van der Waals surface area contributed by atoms with Crippen LogP contribution in [0.5, 0.6) is 5.88 Å². The van der Waals surface area contributed by atoms with Gasteiger partial charge in [0.1, 0.15) is 0 Å². The Morgan fingerprint density at radius 1 is 1.33 bits per heavy atom. The van der Waals surface area contributed by atoms with Gasteiger partial charge in [-0.2, -0.15) is 10.1 Å². The molecule has 0 bridgehead atoms. The SMILES string of the molecule is CCCOc1ccnc(NCCCn2nc(C)cc2C)n1. The summed E-state index contributed by atoms with van der Waals surface area (Å²) in [4.78, 5) is 8.50. The third-order valence-corrected chi connectivity index (χ3v) is 3.02. The van der Waals surface area contributed by atoms with Crippen molar-refractivity contribution < 1.29 is 4.74 Å². The van der Waals surface area contributed by atoms with Gasteiger partial charge in [-0.1, -0.05) is 6.92 Å². The summed E-state index contributed by atoms with van der Waals surface area (Å²) in [6.45, 7) is 8.52. The van der Waals surface area contributed by atoms with Gasteiger partial charge in [0.05, 0.1) is 12.3 Å². The molecule has 0 aliphatic carbocycles. The third kappa shape index (κ3) is 4.73. The predicted octanol–water partition coefficient (Wildman–Crippen LogP) is 2.58. The van der Waals surface area contributed by atoms with Crippen molar-refractivity contribution in [2.45, 2.75) is 40.2 Å². The van der Waals surface area contributed by atoms with E-state index in [-0.39, 0.29) is 0 Å². The molecular weight excluding hydrogens is 266 g/mol. The van der Waals surface area contributed by atoms with Gasteiger partial charge >= 0.3 is 0 Å². The van der Waals surface area contributed by atoms with Crippen molar-refractivity contribution in [2.75, 3.05) is 18.5 Å². The maximum Gasteiger partial charge on any atom is 0.225 e. The Hall–Kier alpha value is -2.11. The molecule has 0 fully saturated rings. The van der Waals surface area contributed by atoms with Crippen molar-refractivity contribution in [3.05, 3.63) is 29.7 Å². The zero-order chi connectivity index (χ0) is 15.1. The monoisotopic (exact) mass is 289 g/mol. The Labute approximate surface area is 125 Å². The van der Waals surface area contributed by atoms with Crippen LogP contribution < -0.4 is 10.1 Å². The van der Waals surface area contributed by atoms with Crippen LogP contribution in [0.15, 0.2) is 18.3 Å². The molecule has 0 spiro atoms. The highest BCUT2D eigenvalue weighted by molar-refractivity contribution is 5.27. The average molecular weight is 289 g/mol. The highest BCUT2D eigenvalue weighted by Crippen LogP contribution is 2.09. The molecule has 2 rings (SSSR count). The minimum atomic E-state index is 0.608. The van der Waals surface area contributed by atoms with Crippen LogP contribution in [0, 0.1) is 13.8 Å². The summed E-state index contributed by atoms with van der Waals surface area (Å²) < 4.78 is 7.51. The van der Waals surface area contributed by atoms with Crippen LogP contribution in [0.4, 0.5) is 5.95 Å². The van der Waals surface area contributed by atoms with E-state index < -0.39 is 0 Å². The van der Waals surface area contributed by atoms with Gasteiger partial charge in [0.2, 0.25) is 11.8 Å². The van der Waals surface area contributed by atoms with Gasteiger partial charge < -0.3 is 10.1 Å². The fourth-order valence-electron chi connectivity index (χ4n) is 2.04. The fourth-order valence-corrected chi connectivity index (χ4v) is 2.04. The number of aromatic nitrogens is 4. The minimum absolute atomic E-state index is 0.608. The topological polar surface area (TPSA) is 64.9 Å². The molecule has 2 aromatic heterocycles. The third-order valence-electron chi connectivity index (χ3n) is 3.02. The molecule has 0 saturated carbocycles. The maximum absolute atomic E-state index is 5.48. The first-order valence-electron chi connectivity index (χ1n) is 7.40. The first kappa shape index (κ1) is 15.3.